The lowest BCUT2D eigenvalue weighted by Gasteiger charge is -2.21. The molecule has 10 aromatic carbocycles. The summed E-state index contributed by atoms with van der Waals surface area (Å²) >= 11 is 0. The first-order valence-corrected chi connectivity index (χ1v) is 41.8. The average Bonchev–Trinajstić information content (AvgIpc) is 0.792. The lowest BCUT2D eigenvalue weighted by atomic mass is 9.89. The Kier molecular flexibility index (Phi) is 59.5. The van der Waals surface area contributed by atoms with Gasteiger partial charge in [-0.05, 0) is 99.6 Å². The number of methoxy groups -OCH3 is 2. The van der Waals surface area contributed by atoms with Gasteiger partial charge in [-0.3, -0.25) is 19.2 Å². The first kappa shape index (κ1) is 114. The number of benzene rings is 10. The minimum atomic E-state index is -0.315. The van der Waals surface area contributed by atoms with Crippen LogP contribution in [0.3, 0.4) is 0 Å². The Morgan fingerprint density at radius 3 is 0.846 bits per heavy atom. The van der Waals surface area contributed by atoms with Crippen molar-refractivity contribution in [2.24, 2.45) is 37.6 Å². The van der Waals surface area contributed by atoms with Gasteiger partial charge in [0.2, 0.25) is 0 Å². The fraction of sp³-hybridized carbons (Fsp3) is 0.370. The number of rotatable bonds is 20. The summed E-state index contributed by atoms with van der Waals surface area (Å²) in [5, 5.41) is 21.7. The van der Waals surface area contributed by atoms with E-state index >= 15 is 0 Å². The van der Waals surface area contributed by atoms with Crippen LogP contribution in [0, 0.1) is 32.5 Å². The Morgan fingerprint density at radius 1 is 0.358 bits per heavy atom. The maximum Gasteiger partial charge on any atom is 0.338 e. The third kappa shape index (κ3) is 65.9. The Labute approximate surface area is 739 Å². The first-order valence-electron chi connectivity index (χ1n) is 41.8. The number of aliphatic hydroxyl groups is 1. The van der Waals surface area contributed by atoms with Crippen LogP contribution < -0.4 is 0 Å². The number of azide groups is 1. The highest BCUT2D eigenvalue weighted by molar-refractivity contribution is 6.11. The van der Waals surface area contributed by atoms with Crippen molar-refractivity contribution in [2.45, 2.75) is 184 Å². The summed E-state index contributed by atoms with van der Waals surface area (Å²) in [6, 6.07) is 90.1. The number of aliphatic hydroxyl groups excluding tert-OH is 1. The third-order valence-electron chi connectivity index (χ3n) is 15.2. The first-order chi connectivity index (χ1) is 57.8. The van der Waals surface area contributed by atoms with Crippen LogP contribution in [-0.4, -0.2) is 99.1 Å². The van der Waals surface area contributed by atoms with Gasteiger partial charge in [-0.25, -0.2) is 9.59 Å². The molecule has 0 aliphatic carbocycles. The van der Waals surface area contributed by atoms with Gasteiger partial charge in [0, 0.05) is 77.8 Å². The predicted molar refractivity (Wildman–Crippen MR) is 513 cm³/mol. The number of hydrogen-bond acceptors (Lipinski definition) is 13. The van der Waals surface area contributed by atoms with Crippen molar-refractivity contribution in [1.29, 1.82) is 0 Å². The number of carbonyl (C=O) groups excluding carboxylic acids is 6. The van der Waals surface area contributed by atoms with E-state index in [4.69, 9.17) is 24.5 Å². The number of para-hydroxylation sites is 1. The van der Waals surface area contributed by atoms with E-state index in [2.05, 4.69) is 149 Å². The topological polar surface area (TPSA) is 229 Å². The summed E-state index contributed by atoms with van der Waals surface area (Å²) in [4.78, 5) is 72.7. The van der Waals surface area contributed by atoms with Crippen LogP contribution in [0.5, 0.6) is 5.75 Å². The Hall–Kier alpha value is -11.5. The number of nitrogens with zero attached hydrogens (tertiary/aromatic N) is 3. The Bertz CT molecular complexity index is 4110. The van der Waals surface area contributed by atoms with E-state index in [1.54, 1.807) is 74.9 Å². The monoisotopic (exact) mass is 1680 g/mol. The van der Waals surface area contributed by atoms with Crippen LogP contribution in [0.2, 0.25) is 0 Å². The minimum Gasteiger partial charge on any atom is -0.507 e. The van der Waals surface area contributed by atoms with E-state index in [-0.39, 0.29) is 63.2 Å². The van der Waals surface area contributed by atoms with Gasteiger partial charge < -0.3 is 29.2 Å². The van der Waals surface area contributed by atoms with Gasteiger partial charge in [-0.1, -0.05) is 430 Å². The summed E-state index contributed by atoms with van der Waals surface area (Å²) < 4.78 is 20.0. The number of ketones is 4. The van der Waals surface area contributed by atoms with E-state index in [0.29, 0.717) is 52.8 Å². The molecular formula is C108H145N3O12. The lowest BCUT2D eigenvalue weighted by molar-refractivity contribution is -0.138. The molecule has 0 spiro atoms. The molecule has 123 heavy (non-hydrogen) atoms. The van der Waals surface area contributed by atoms with E-state index in [1.807, 2.05) is 250 Å². The minimum absolute atomic E-state index is 0.0198. The normalized spacial score (nSPS) is 10.7. The highest BCUT2D eigenvalue weighted by atomic mass is 16.5. The number of hydrogen-bond donors (Lipinski definition) is 2. The second kappa shape index (κ2) is 64.4. The third-order valence-corrected chi connectivity index (χ3v) is 15.2. The molecule has 0 heterocycles. The maximum absolute atomic E-state index is 11.9. The summed E-state index contributed by atoms with van der Waals surface area (Å²) in [6.45, 7) is 49.5. The molecule has 1 atom stereocenters. The smallest absolute Gasteiger partial charge is 0.338 e. The second-order valence-electron chi connectivity index (χ2n) is 35.9. The lowest BCUT2D eigenvalue weighted by Crippen LogP contribution is -2.21. The molecule has 15 heteroatoms. The average molecular weight is 1680 g/mol. The SMILES string of the molecule is CC.CC(C)(C)C.CC(C)(C)C.CC(C)(C)CCOC(=O)/C=C/c1ccccc1.CC(C)(C)CCOC(=O)c1ccccc1.CN=[N+]=[N-].COCC(O)CC(C)(C)C.COCCC(C)(C)C.O=C(c1ccccc1)c1ccccc1.O=C(c1ccccc1)c1ccccc1.O=C(c1ccccc1)c1ccccc1.O=C(c1ccccc1)c1ccccc1O. The van der Waals surface area contributed by atoms with Gasteiger partial charge in [-0.2, -0.15) is 0 Å². The number of esters is 2. The zero-order valence-electron chi connectivity index (χ0n) is 78.5. The van der Waals surface area contributed by atoms with Crippen molar-refractivity contribution in [3.63, 3.8) is 0 Å². The molecule has 0 bridgehead atoms. The van der Waals surface area contributed by atoms with E-state index < -0.39 is 0 Å². The van der Waals surface area contributed by atoms with Gasteiger partial charge >= 0.3 is 11.9 Å². The van der Waals surface area contributed by atoms with E-state index in [1.165, 1.54) is 19.2 Å². The largest absolute Gasteiger partial charge is 0.507 e. The molecule has 0 radical (unpaired) electrons. The fourth-order valence-electron chi connectivity index (χ4n) is 9.16. The molecule has 15 nitrogen and oxygen atoms in total. The van der Waals surface area contributed by atoms with Crippen LogP contribution in [0.1, 0.15) is 258 Å². The molecular weight excluding hydrogens is 1530 g/mol. The van der Waals surface area contributed by atoms with Gasteiger partial charge in [0.15, 0.2) is 23.1 Å². The second-order valence-corrected chi connectivity index (χ2v) is 35.9. The fourth-order valence-corrected chi connectivity index (χ4v) is 9.16. The van der Waals surface area contributed by atoms with Gasteiger partial charge in [0.05, 0.1) is 37.1 Å². The highest BCUT2D eigenvalue weighted by Gasteiger charge is 2.18. The van der Waals surface area contributed by atoms with Gasteiger partial charge in [-0.15, -0.1) is 0 Å². The maximum atomic E-state index is 11.9. The molecule has 0 saturated heterocycles. The Morgan fingerprint density at radius 2 is 0.602 bits per heavy atom. The van der Waals surface area contributed by atoms with Crippen LogP contribution in [0.15, 0.2) is 308 Å². The molecule has 0 fully saturated rings. The van der Waals surface area contributed by atoms with Gasteiger partial charge in [0.1, 0.15) is 5.75 Å². The molecule has 10 rings (SSSR count). The van der Waals surface area contributed by atoms with Crippen LogP contribution in [0.25, 0.3) is 16.5 Å². The van der Waals surface area contributed by atoms with Crippen LogP contribution >= 0.6 is 0 Å². The highest BCUT2D eigenvalue weighted by Crippen LogP contribution is 2.24. The summed E-state index contributed by atoms with van der Waals surface area (Å²) in [7, 11) is 4.73. The standard InChI is InChI=1S/C15H20O2.C13H10O2.C13H18O2.3C13H10O.C8H18O2.C7H16O.2C5H12.C2H6.CH3N3/c1-15(2,3)11-12-17-14(16)10-9-13-7-5-4-6-8-13;14-12-9-5-4-8-11(12)13(15)10-6-2-1-3-7-10;1-13(2,3)9-10-15-12(14)11-7-5-4-6-8-11;3*14-13(11-7-3-1-4-8-11)12-9-5-2-6-10-12;1-8(2,3)5-7(9)6-10-4;1-7(2,3)5-6-8-4;2*1-5(2,3)4;1-2;1-3-4-2/h4-10H,11-12H2,1-3H3;1-9,14H;4-8H,9-10H2,1-3H3;3*1-10H;7,9H,5-6H2,1-4H3;5-6H2,1-4H3;2*1-4H3;1-2H3;1H3/b10-9+;;;;;;;;;;;. The van der Waals surface area contributed by atoms with E-state index in [0.717, 1.165) is 71.2 Å². The van der Waals surface area contributed by atoms with Crippen molar-refractivity contribution in [2.75, 3.05) is 47.7 Å². The summed E-state index contributed by atoms with van der Waals surface area (Å²) in [5.41, 5.74) is 16.3. The molecule has 0 aromatic heterocycles. The number of ether oxygens (including phenoxy) is 4. The predicted octanol–water partition coefficient (Wildman–Crippen LogP) is 27.9. The van der Waals surface area contributed by atoms with Crippen molar-refractivity contribution < 1.29 is 57.9 Å². The number of carbonyl (C=O) groups is 6. The Balaban J connectivity index is 0. The molecule has 0 amide bonds. The van der Waals surface area contributed by atoms with Crippen molar-refractivity contribution in [3.05, 3.63) is 369 Å². The quantitative estimate of drug-likeness (QED) is 0.0181. The summed E-state index contributed by atoms with van der Waals surface area (Å²) in [5.74, 6) is -0.429. The van der Waals surface area contributed by atoms with Crippen LogP contribution in [0.4, 0.5) is 0 Å². The molecule has 2 N–H and O–H groups in total. The van der Waals surface area contributed by atoms with Crippen LogP contribution in [-0.2, 0) is 23.7 Å². The number of phenols is 1. The molecule has 1 unspecified atom stereocenters. The summed E-state index contributed by atoms with van der Waals surface area (Å²) in [6.07, 6.45) is 6.61. The van der Waals surface area contributed by atoms with Crippen molar-refractivity contribution >= 4 is 41.1 Å². The van der Waals surface area contributed by atoms with Crippen molar-refractivity contribution in [3.8, 4) is 5.75 Å². The zero-order valence-corrected chi connectivity index (χ0v) is 78.5. The number of aromatic hydroxyl groups is 1. The van der Waals surface area contributed by atoms with Gasteiger partial charge in [0.25, 0.3) is 0 Å². The molecule has 10 aromatic rings. The molecule has 0 aliphatic rings. The van der Waals surface area contributed by atoms with E-state index in [9.17, 15) is 39.0 Å². The van der Waals surface area contributed by atoms with Crippen molar-refractivity contribution in [1.82, 2.24) is 0 Å². The molecule has 0 saturated carbocycles. The number of phenolic OH excluding ortho intramolecular Hbond substituents is 1. The zero-order chi connectivity index (χ0) is 93.4. The molecule has 664 valence electrons. The molecule has 0 aliphatic heterocycles.